The van der Waals surface area contributed by atoms with Crippen molar-refractivity contribution in [2.24, 2.45) is 0 Å². The number of rotatable bonds is 5. The van der Waals surface area contributed by atoms with Gasteiger partial charge in [0.1, 0.15) is 12.1 Å². The Labute approximate surface area is 185 Å². The molecule has 0 atom stereocenters. The van der Waals surface area contributed by atoms with E-state index in [1.54, 1.807) is 25.1 Å². The molecule has 7 nitrogen and oxygen atoms in total. The second-order valence-electron chi connectivity index (χ2n) is 6.63. The van der Waals surface area contributed by atoms with Crippen LogP contribution in [0, 0.1) is 11.6 Å². The molecule has 2 aromatic carbocycles. The van der Waals surface area contributed by atoms with Crippen LogP contribution in [0.5, 0.6) is 11.6 Å². The third-order valence-corrected chi connectivity index (χ3v) is 4.96. The molecule has 1 amide bonds. The number of hydrogen-bond acceptors (Lipinski definition) is 5. The minimum atomic E-state index is -0.889. The van der Waals surface area contributed by atoms with E-state index in [1.807, 2.05) is 0 Å². The Morgan fingerprint density at radius 2 is 2.00 bits per heavy atom. The van der Waals surface area contributed by atoms with E-state index < -0.39 is 17.2 Å². The quantitative estimate of drug-likeness (QED) is 0.485. The summed E-state index contributed by atoms with van der Waals surface area (Å²) in [5.74, 6) is -2.23. The maximum atomic E-state index is 13.9. The molecule has 32 heavy (non-hydrogen) atoms. The minimum absolute atomic E-state index is 0.0124. The monoisotopic (exact) mass is 456 g/mol. The molecule has 0 fully saturated rings. The standard InChI is InChI=1S/C22H15ClF2N4O3/c1-2-26-21(30)14-5-3-4-13(20(14)23)19-16-7-9-18(28-29(16)11-27-22(19)31)32-17-8-6-12(24)10-15(17)25/h3-11H,2H2,1H3,(H,26,30). The molecule has 10 heteroatoms. The molecule has 0 aliphatic rings. The second-order valence-corrected chi connectivity index (χ2v) is 7.01. The van der Waals surface area contributed by atoms with Gasteiger partial charge in [0.05, 0.1) is 21.7 Å². The van der Waals surface area contributed by atoms with E-state index in [2.05, 4.69) is 15.4 Å². The molecule has 0 saturated carbocycles. The first-order valence-corrected chi connectivity index (χ1v) is 9.85. The number of benzene rings is 2. The molecule has 0 saturated heterocycles. The predicted octanol–water partition coefficient (Wildman–Crippen LogP) is 4.23. The van der Waals surface area contributed by atoms with Crippen LogP contribution in [0.15, 0.2) is 59.7 Å². The lowest BCUT2D eigenvalue weighted by molar-refractivity contribution is 0.0956. The van der Waals surface area contributed by atoms with Crippen LogP contribution in [0.25, 0.3) is 16.6 Å². The number of hydrogen-bond donors (Lipinski definition) is 1. The van der Waals surface area contributed by atoms with E-state index in [1.165, 1.54) is 23.0 Å². The van der Waals surface area contributed by atoms with Gasteiger partial charge in [-0.15, -0.1) is 5.10 Å². The van der Waals surface area contributed by atoms with Crippen molar-refractivity contribution < 1.29 is 18.3 Å². The lowest BCUT2D eigenvalue weighted by atomic mass is 10.0. The molecule has 0 aliphatic heterocycles. The fraction of sp³-hybridized carbons (Fsp3) is 0.0909. The van der Waals surface area contributed by atoms with Gasteiger partial charge in [0.15, 0.2) is 11.6 Å². The van der Waals surface area contributed by atoms with Gasteiger partial charge in [-0.1, -0.05) is 23.7 Å². The highest BCUT2D eigenvalue weighted by Gasteiger charge is 2.19. The highest BCUT2D eigenvalue weighted by molar-refractivity contribution is 6.36. The summed E-state index contributed by atoms with van der Waals surface area (Å²) < 4.78 is 33.7. The van der Waals surface area contributed by atoms with Crippen LogP contribution in [-0.4, -0.2) is 27.0 Å². The van der Waals surface area contributed by atoms with E-state index in [0.29, 0.717) is 23.7 Å². The van der Waals surface area contributed by atoms with Crippen molar-refractivity contribution >= 4 is 23.0 Å². The molecule has 0 unspecified atom stereocenters. The zero-order valence-corrected chi connectivity index (χ0v) is 17.4. The highest BCUT2D eigenvalue weighted by atomic mass is 35.5. The Morgan fingerprint density at radius 1 is 1.19 bits per heavy atom. The summed E-state index contributed by atoms with van der Waals surface area (Å²) in [6.45, 7) is 2.19. The summed E-state index contributed by atoms with van der Waals surface area (Å²) in [6.07, 6.45) is 1.18. The normalized spacial score (nSPS) is 10.9. The van der Waals surface area contributed by atoms with Gasteiger partial charge in [0, 0.05) is 24.2 Å². The first-order valence-electron chi connectivity index (χ1n) is 9.47. The molecule has 0 spiro atoms. The van der Waals surface area contributed by atoms with Crippen molar-refractivity contribution in [3.05, 3.63) is 87.4 Å². The number of amides is 1. The van der Waals surface area contributed by atoms with Crippen molar-refractivity contribution in [1.29, 1.82) is 0 Å². The molecule has 2 aromatic heterocycles. The Hall–Kier alpha value is -3.85. The van der Waals surface area contributed by atoms with Crippen molar-refractivity contribution in [2.75, 3.05) is 6.54 Å². The molecule has 0 radical (unpaired) electrons. The smallest absolute Gasteiger partial charge is 0.281 e. The minimum Gasteiger partial charge on any atom is -0.434 e. The molecule has 162 valence electrons. The molecular formula is C22H15ClF2N4O3. The molecular weight excluding hydrogens is 442 g/mol. The number of nitrogens with zero attached hydrogens (tertiary/aromatic N) is 3. The average Bonchev–Trinajstić information content (AvgIpc) is 2.76. The predicted molar refractivity (Wildman–Crippen MR) is 114 cm³/mol. The molecule has 0 aliphatic carbocycles. The van der Waals surface area contributed by atoms with Crippen molar-refractivity contribution in [3.8, 4) is 22.8 Å². The maximum absolute atomic E-state index is 13.9. The van der Waals surface area contributed by atoms with Gasteiger partial charge in [-0.05, 0) is 31.2 Å². The lowest BCUT2D eigenvalue weighted by Crippen LogP contribution is -2.23. The van der Waals surface area contributed by atoms with Crippen molar-refractivity contribution in [1.82, 2.24) is 19.9 Å². The number of nitrogens with one attached hydrogen (secondary N) is 1. The van der Waals surface area contributed by atoms with Crippen molar-refractivity contribution in [3.63, 3.8) is 0 Å². The largest absolute Gasteiger partial charge is 0.434 e. The van der Waals surface area contributed by atoms with Crippen LogP contribution in [0.4, 0.5) is 8.78 Å². The molecule has 4 aromatic rings. The third-order valence-electron chi connectivity index (χ3n) is 4.55. The molecule has 0 bridgehead atoms. The van der Waals surface area contributed by atoms with E-state index in [9.17, 15) is 18.4 Å². The second kappa shape index (κ2) is 8.72. The van der Waals surface area contributed by atoms with E-state index >= 15 is 0 Å². The Morgan fingerprint density at radius 3 is 2.75 bits per heavy atom. The van der Waals surface area contributed by atoms with Gasteiger partial charge in [-0.25, -0.2) is 13.3 Å². The van der Waals surface area contributed by atoms with E-state index in [-0.39, 0.29) is 33.7 Å². The van der Waals surface area contributed by atoms with Gasteiger partial charge in [-0.2, -0.15) is 4.98 Å². The molecule has 2 heterocycles. The van der Waals surface area contributed by atoms with E-state index in [4.69, 9.17) is 16.3 Å². The van der Waals surface area contributed by atoms with Gasteiger partial charge in [0.2, 0.25) is 5.88 Å². The number of aromatic nitrogens is 3. The number of carbonyl (C=O) groups excluding carboxylic acids is 1. The third kappa shape index (κ3) is 4.02. The SMILES string of the molecule is CCNC(=O)c1cccc(-c2c(=O)ncn3nc(Oc4ccc(F)cc4F)ccc23)c1Cl. The van der Waals surface area contributed by atoms with Gasteiger partial charge in [-0.3, -0.25) is 9.59 Å². The fourth-order valence-corrected chi connectivity index (χ4v) is 3.43. The zero-order chi connectivity index (χ0) is 22.8. The van der Waals surface area contributed by atoms with Crippen LogP contribution < -0.4 is 15.6 Å². The molecule has 4 rings (SSSR count). The van der Waals surface area contributed by atoms with Crippen LogP contribution >= 0.6 is 11.6 Å². The number of ether oxygens (including phenoxy) is 1. The zero-order valence-electron chi connectivity index (χ0n) is 16.6. The summed E-state index contributed by atoms with van der Waals surface area (Å²) in [4.78, 5) is 28.7. The summed E-state index contributed by atoms with van der Waals surface area (Å²) in [5.41, 5.74) is 0.431. The Bertz CT molecular complexity index is 1410. The molecule has 1 N–H and O–H groups in total. The fourth-order valence-electron chi connectivity index (χ4n) is 3.12. The summed E-state index contributed by atoms with van der Waals surface area (Å²) in [6, 6.07) is 10.6. The first kappa shape index (κ1) is 21.4. The van der Waals surface area contributed by atoms with Gasteiger partial charge < -0.3 is 10.1 Å². The summed E-state index contributed by atoms with van der Waals surface area (Å²) in [7, 11) is 0. The Kier molecular flexibility index (Phi) is 5.83. The lowest BCUT2D eigenvalue weighted by Gasteiger charge is -2.12. The summed E-state index contributed by atoms with van der Waals surface area (Å²) >= 11 is 6.46. The van der Waals surface area contributed by atoms with Crippen LogP contribution in [-0.2, 0) is 0 Å². The highest BCUT2D eigenvalue weighted by Crippen LogP contribution is 2.32. The number of halogens is 3. The topological polar surface area (TPSA) is 85.6 Å². The van der Waals surface area contributed by atoms with Crippen LogP contribution in [0.1, 0.15) is 17.3 Å². The van der Waals surface area contributed by atoms with Crippen LogP contribution in [0.2, 0.25) is 5.02 Å². The number of fused-ring (bicyclic) bond motifs is 1. The first-order chi connectivity index (χ1) is 15.4. The van der Waals surface area contributed by atoms with Gasteiger partial charge >= 0.3 is 0 Å². The summed E-state index contributed by atoms with van der Waals surface area (Å²) in [5, 5.41) is 6.95. The van der Waals surface area contributed by atoms with E-state index in [0.717, 1.165) is 12.1 Å². The maximum Gasteiger partial charge on any atom is 0.281 e. The number of carbonyl (C=O) groups is 1. The van der Waals surface area contributed by atoms with Gasteiger partial charge in [0.25, 0.3) is 11.5 Å². The van der Waals surface area contributed by atoms with Crippen molar-refractivity contribution in [2.45, 2.75) is 6.92 Å². The Balaban J connectivity index is 1.80. The van der Waals surface area contributed by atoms with Crippen LogP contribution in [0.3, 0.4) is 0 Å². The average molecular weight is 457 g/mol.